The van der Waals surface area contributed by atoms with Crippen LogP contribution in [0.25, 0.3) is 0 Å². The van der Waals surface area contributed by atoms with E-state index in [-0.39, 0.29) is 38.0 Å². The molecule has 15 nitrogen and oxygen atoms in total. The number of esters is 2. The summed E-state index contributed by atoms with van der Waals surface area (Å²) < 4.78 is 20.1. The maximum atomic E-state index is 12.9. The zero-order valence-electron chi connectivity index (χ0n) is 40.7. The molecule has 0 spiro atoms. The molecule has 0 atom stereocenters. The summed E-state index contributed by atoms with van der Waals surface area (Å²) in [6.07, 6.45) is 31.0. The van der Waals surface area contributed by atoms with Crippen LogP contribution in [-0.2, 0) is 50.1 Å². The molecule has 0 saturated carbocycles. The summed E-state index contributed by atoms with van der Waals surface area (Å²) in [5.74, 6) is -0.635. The van der Waals surface area contributed by atoms with Gasteiger partial charge in [0.15, 0.2) is 0 Å². The topological polar surface area (TPSA) is 159 Å². The summed E-state index contributed by atoms with van der Waals surface area (Å²) in [7, 11) is 2.05. The number of aromatic nitrogens is 6. The molecule has 1 N–H and O–H groups in total. The van der Waals surface area contributed by atoms with Gasteiger partial charge >= 0.3 is 18.0 Å². The van der Waals surface area contributed by atoms with Crippen molar-refractivity contribution in [2.75, 3.05) is 46.3 Å². The van der Waals surface area contributed by atoms with Gasteiger partial charge in [-0.3, -0.25) is 19.0 Å². The number of carbonyl (C=O) groups excluding carboxylic acids is 3. The van der Waals surface area contributed by atoms with Crippen molar-refractivity contribution >= 4 is 18.0 Å². The zero-order chi connectivity index (χ0) is 45.8. The predicted octanol–water partition coefficient (Wildman–Crippen LogP) is 9.82. The Kier molecular flexibility index (Phi) is 31.5. The van der Waals surface area contributed by atoms with E-state index in [0.29, 0.717) is 37.6 Å². The van der Waals surface area contributed by atoms with Crippen molar-refractivity contribution in [3.63, 3.8) is 0 Å². The van der Waals surface area contributed by atoms with Crippen LogP contribution in [0.1, 0.15) is 200 Å². The first-order valence-corrected chi connectivity index (χ1v) is 24.9. The molecule has 2 aromatic rings. The zero-order valence-corrected chi connectivity index (χ0v) is 40.7. The average molecular weight is 888 g/mol. The highest BCUT2D eigenvalue weighted by atomic mass is 16.6. The molecule has 2 rings (SSSR count). The van der Waals surface area contributed by atoms with Crippen LogP contribution in [0.2, 0.25) is 0 Å². The lowest BCUT2D eigenvalue weighted by Gasteiger charge is -2.23. The number of hydrogen-bond donors (Lipinski definition) is 1. The third kappa shape index (κ3) is 31.8. The molecule has 0 radical (unpaired) electrons. The molecule has 362 valence electrons. The Morgan fingerprint density at radius 1 is 0.571 bits per heavy atom. The summed E-state index contributed by atoms with van der Waals surface area (Å²) in [5.41, 5.74) is 0.747. The first kappa shape index (κ1) is 55.5. The number of amides is 1. The Bertz CT molecular complexity index is 1360. The fourth-order valence-corrected chi connectivity index (χ4v) is 7.37. The standard InChI is InChI=1S/C48H89N9O6/c1-7-9-11-13-15-17-19-21-23-25-35-56-39-43(50-52-56)41-61-45(58)29-37-55(34-28-33-54(6)32-27-31-49-47(60)63-48(3,4)5)38-30-46(59)62-42-44-40-57(53-51-44)36-26-24-22-20-18-16-14-12-10-8-2/h39-40H,7-38,41-42H2,1-6H3,(H,49,60). The van der Waals surface area contributed by atoms with E-state index in [2.05, 4.69) is 49.6 Å². The Labute approximate surface area is 381 Å². The van der Waals surface area contributed by atoms with Gasteiger partial charge < -0.3 is 29.3 Å². The van der Waals surface area contributed by atoms with Gasteiger partial charge in [0.25, 0.3) is 0 Å². The number of ether oxygens (including phenoxy) is 3. The highest BCUT2D eigenvalue weighted by Gasteiger charge is 2.17. The molecule has 0 aromatic carbocycles. The third-order valence-corrected chi connectivity index (χ3v) is 11.1. The second-order valence-electron chi connectivity index (χ2n) is 18.4. The van der Waals surface area contributed by atoms with Gasteiger partial charge in [-0.05, 0) is 73.1 Å². The molecule has 0 aliphatic heterocycles. The summed E-state index contributed by atoms with van der Waals surface area (Å²) in [6, 6.07) is 0. The molecule has 0 aliphatic rings. The number of aryl methyl sites for hydroxylation is 2. The first-order chi connectivity index (χ1) is 30.5. The average Bonchev–Trinajstić information content (AvgIpc) is 3.91. The van der Waals surface area contributed by atoms with Gasteiger partial charge in [-0.25, -0.2) is 4.79 Å². The van der Waals surface area contributed by atoms with E-state index in [4.69, 9.17) is 14.2 Å². The Hall–Kier alpha value is -3.59. The highest BCUT2D eigenvalue weighted by Crippen LogP contribution is 2.13. The van der Waals surface area contributed by atoms with Gasteiger partial charge in [-0.2, -0.15) is 0 Å². The summed E-state index contributed by atoms with van der Waals surface area (Å²) in [5, 5.41) is 19.7. The van der Waals surface area contributed by atoms with Gasteiger partial charge in [0.2, 0.25) is 0 Å². The van der Waals surface area contributed by atoms with Crippen LogP contribution in [0.4, 0.5) is 4.79 Å². The number of rotatable bonds is 40. The fourth-order valence-electron chi connectivity index (χ4n) is 7.37. The molecule has 0 unspecified atom stereocenters. The maximum absolute atomic E-state index is 12.9. The van der Waals surface area contributed by atoms with Crippen molar-refractivity contribution in [3.8, 4) is 0 Å². The lowest BCUT2D eigenvalue weighted by Crippen LogP contribution is -2.35. The number of alkyl carbamates (subject to hydrolysis) is 1. The Morgan fingerprint density at radius 2 is 0.984 bits per heavy atom. The summed E-state index contributed by atoms with van der Waals surface area (Å²) in [6.45, 7) is 15.6. The normalized spacial score (nSPS) is 11.7. The van der Waals surface area contributed by atoms with E-state index in [9.17, 15) is 14.4 Å². The largest absolute Gasteiger partial charge is 0.459 e. The number of carbonyl (C=O) groups is 3. The Morgan fingerprint density at radius 3 is 1.41 bits per heavy atom. The van der Waals surface area contributed by atoms with Crippen LogP contribution in [-0.4, -0.2) is 110 Å². The smallest absolute Gasteiger partial charge is 0.407 e. The van der Waals surface area contributed by atoms with E-state index < -0.39 is 11.7 Å². The van der Waals surface area contributed by atoms with Crippen LogP contribution >= 0.6 is 0 Å². The second kappa shape index (κ2) is 35.7. The molecule has 0 bridgehead atoms. The van der Waals surface area contributed by atoms with Crippen LogP contribution < -0.4 is 5.32 Å². The predicted molar refractivity (Wildman–Crippen MR) is 250 cm³/mol. The van der Waals surface area contributed by atoms with E-state index in [0.717, 1.165) is 51.9 Å². The molecule has 0 aliphatic carbocycles. The van der Waals surface area contributed by atoms with Crippen molar-refractivity contribution in [2.45, 2.75) is 221 Å². The molecule has 15 heteroatoms. The van der Waals surface area contributed by atoms with Gasteiger partial charge in [0.1, 0.15) is 30.2 Å². The highest BCUT2D eigenvalue weighted by molar-refractivity contribution is 5.70. The number of nitrogens with zero attached hydrogens (tertiary/aromatic N) is 8. The van der Waals surface area contributed by atoms with Crippen LogP contribution in [0, 0.1) is 0 Å². The first-order valence-electron chi connectivity index (χ1n) is 24.9. The van der Waals surface area contributed by atoms with Gasteiger partial charge in [0.05, 0.1) is 25.2 Å². The lowest BCUT2D eigenvalue weighted by molar-refractivity contribution is -0.145. The molecular weight excluding hydrogens is 799 g/mol. The molecule has 2 aromatic heterocycles. The van der Waals surface area contributed by atoms with Crippen molar-refractivity contribution in [1.82, 2.24) is 45.1 Å². The van der Waals surface area contributed by atoms with E-state index in [1.165, 1.54) is 116 Å². The second-order valence-corrected chi connectivity index (χ2v) is 18.4. The van der Waals surface area contributed by atoms with Crippen LogP contribution in [0.15, 0.2) is 12.4 Å². The van der Waals surface area contributed by atoms with Crippen molar-refractivity contribution in [3.05, 3.63) is 23.8 Å². The van der Waals surface area contributed by atoms with Crippen LogP contribution in [0.3, 0.4) is 0 Å². The van der Waals surface area contributed by atoms with Gasteiger partial charge in [-0.15, -0.1) is 10.2 Å². The van der Waals surface area contributed by atoms with Crippen molar-refractivity contribution in [2.24, 2.45) is 0 Å². The van der Waals surface area contributed by atoms with Gasteiger partial charge in [-0.1, -0.05) is 140 Å². The Balaban J connectivity index is 1.73. The van der Waals surface area contributed by atoms with E-state index in [1.807, 2.05) is 49.6 Å². The third-order valence-electron chi connectivity index (χ3n) is 11.1. The minimum atomic E-state index is -0.527. The molecule has 63 heavy (non-hydrogen) atoms. The maximum Gasteiger partial charge on any atom is 0.407 e. The molecule has 0 saturated heterocycles. The number of hydrogen-bond acceptors (Lipinski definition) is 12. The van der Waals surface area contributed by atoms with Crippen molar-refractivity contribution in [1.29, 1.82) is 0 Å². The molecule has 0 fully saturated rings. The monoisotopic (exact) mass is 888 g/mol. The molecule has 2 heterocycles. The number of nitrogens with one attached hydrogen (secondary N) is 1. The van der Waals surface area contributed by atoms with E-state index in [1.54, 1.807) is 0 Å². The molecular formula is C48H89N9O6. The quantitative estimate of drug-likeness (QED) is 0.0384. The van der Waals surface area contributed by atoms with Crippen molar-refractivity contribution < 1.29 is 28.6 Å². The summed E-state index contributed by atoms with van der Waals surface area (Å²) in [4.78, 5) is 42.0. The minimum absolute atomic E-state index is 0.0840. The SMILES string of the molecule is CCCCCCCCCCCCn1cc(COC(=O)CCN(CCCN(C)CCCNC(=O)OC(C)(C)C)CCC(=O)OCc2cn(CCCCCCCCCCCC)nn2)nn1. The minimum Gasteiger partial charge on any atom is -0.459 e. The fraction of sp³-hybridized carbons (Fsp3) is 0.854. The number of unbranched alkanes of at least 4 members (excludes halogenated alkanes) is 18. The van der Waals surface area contributed by atoms with E-state index >= 15 is 0 Å². The summed E-state index contributed by atoms with van der Waals surface area (Å²) >= 11 is 0. The molecule has 1 amide bonds. The van der Waals surface area contributed by atoms with Gasteiger partial charge in [0, 0.05) is 32.7 Å². The van der Waals surface area contributed by atoms with Crippen LogP contribution in [0.5, 0.6) is 0 Å². The lowest BCUT2D eigenvalue weighted by atomic mass is 10.1.